The number of anilines is 1. The number of rotatable bonds is 3. The monoisotopic (exact) mass is 253 g/mol. The number of carbonyl (C=O) groups is 1. The van der Waals surface area contributed by atoms with Crippen molar-refractivity contribution in [2.24, 2.45) is 0 Å². The van der Waals surface area contributed by atoms with Crippen molar-refractivity contribution in [2.45, 2.75) is 6.54 Å². The summed E-state index contributed by atoms with van der Waals surface area (Å²) in [5, 5.41) is 19.6. The lowest BCUT2D eigenvalue weighted by Crippen LogP contribution is -2.13. The van der Waals surface area contributed by atoms with Crippen molar-refractivity contribution in [3.05, 3.63) is 34.6 Å². The van der Waals surface area contributed by atoms with Crippen LogP contribution < -0.4 is 5.73 Å². The van der Waals surface area contributed by atoms with Gasteiger partial charge in [-0.25, -0.2) is 9.48 Å². The summed E-state index contributed by atoms with van der Waals surface area (Å²) in [6.07, 6.45) is 0. The number of nitrogen functional groups attached to an aromatic ring is 1. The first-order chi connectivity index (χ1) is 8.08. The smallest absolute Gasteiger partial charge is 0.375 e. The van der Waals surface area contributed by atoms with Crippen LogP contribution in [0.4, 0.5) is 5.69 Å². The zero-order valence-electron chi connectivity index (χ0n) is 8.54. The summed E-state index contributed by atoms with van der Waals surface area (Å²) in [6, 6.07) is 4.94. The van der Waals surface area contributed by atoms with Crippen molar-refractivity contribution in [1.82, 2.24) is 20.2 Å². The minimum absolute atomic E-state index is 0.154. The van der Waals surface area contributed by atoms with Gasteiger partial charge in [-0.2, -0.15) is 0 Å². The number of benzene rings is 1. The molecule has 2 rings (SSSR count). The van der Waals surface area contributed by atoms with Crippen LogP contribution in [0.3, 0.4) is 0 Å². The fourth-order valence-electron chi connectivity index (χ4n) is 1.34. The van der Waals surface area contributed by atoms with E-state index in [0.29, 0.717) is 16.3 Å². The highest BCUT2D eigenvalue weighted by Crippen LogP contribution is 2.18. The van der Waals surface area contributed by atoms with Gasteiger partial charge < -0.3 is 10.8 Å². The van der Waals surface area contributed by atoms with Gasteiger partial charge in [-0.15, -0.1) is 5.10 Å². The molecule has 3 N–H and O–H groups in total. The lowest BCUT2D eigenvalue weighted by Gasteiger charge is -2.06. The summed E-state index contributed by atoms with van der Waals surface area (Å²) >= 11 is 5.83. The molecule has 0 amide bonds. The van der Waals surface area contributed by atoms with Crippen LogP contribution in [-0.4, -0.2) is 31.3 Å². The number of tetrazole rings is 1. The average molecular weight is 254 g/mol. The van der Waals surface area contributed by atoms with E-state index >= 15 is 0 Å². The molecule has 0 bridgehead atoms. The highest BCUT2D eigenvalue weighted by Gasteiger charge is 2.14. The molecule has 0 saturated heterocycles. The molecular weight excluding hydrogens is 246 g/mol. The predicted octanol–water partition coefficient (Wildman–Crippen LogP) is 0.655. The maximum Gasteiger partial charge on any atom is 0.375 e. The Hall–Kier alpha value is -2.15. The van der Waals surface area contributed by atoms with Crippen LogP contribution >= 0.6 is 11.6 Å². The van der Waals surface area contributed by atoms with E-state index in [2.05, 4.69) is 15.5 Å². The molecule has 17 heavy (non-hydrogen) atoms. The first-order valence-corrected chi connectivity index (χ1v) is 4.99. The van der Waals surface area contributed by atoms with Crippen molar-refractivity contribution in [1.29, 1.82) is 0 Å². The molecule has 0 unspecified atom stereocenters. The quantitative estimate of drug-likeness (QED) is 0.778. The minimum Gasteiger partial charge on any atom is -0.475 e. The molecule has 0 aliphatic carbocycles. The first kappa shape index (κ1) is 11.3. The van der Waals surface area contributed by atoms with Gasteiger partial charge in [0.25, 0.3) is 5.82 Å². The van der Waals surface area contributed by atoms with Gasteiger partial charge in [-0.1, -0.05) is 11.6 Å². The SMILES string of the molecule is Nc1ccc(Cl)cc1Cn1nnnc1C(=O)O. The second-order valence-corrected chi connectivity index (χ2v) is 3.74. The van der Waals surface area contributed by atoms with E-state index < -0.39 is 5.97 Å². The summed E-state index contributed by atoms with van der Waals surface area (Å²) in [6.45, 7) is 0.154. The van der Waals surface area contributed by atoms with Crippen LogP contribution in [0, 0.1) is 0 Å². The molecule has 1 heterocycles. The number of aromatic nitrogens is 4. The Morgan fingerprint density at radius 2 is 2.29 bits per heavy atom. The number of halogens is 1. The van der Waals surface area contributed by atoms with Crippen LogP contribution in [-0.2, 0) is 6.54 Å². The maximum absolute atomic E-state index is 10.8. The number of hydrogen-bond donors (Lipinski definition) is 2. The van der Waals surface area contributed by atoms with E-state index in [1.807, 2.05) is 0 Å². The standard InChI is InChI=1S/C9H8ClN5O2/c10-6-1-2-7(11)5(3-6)4-15-8(9(16)17)12-13-14-15/h1-3H,4,11H2,(H,16,17). The third kappa shape index (κ3) is 2.34. The summed E-state index contributed by atoms with van der Waals surface area (Å²) in [7, 11) is 0. The van der Waals surface area contributed by atoms with Gasteiger partial charge in [-0.3, -0.25) is 0 Å². The van der Waals surface area contributed by atoms with E-state index in [1.54, 1.807) is 18.2 Å². The maximum atomic E-state index is 10.8. The van der Waals surface area contributed by atoms with Crippen LogP contribution in [0.25, 0.3) is 0 Å². The molecule has 1 aromatic carbocycles. The molecule has 0 aliphatic rings. The highest BCUT2D eigenvalue weighted by atomic mass is 35.5. The third-order valence-corrected chi connectivity index (χ3v) is 2.38. The highest BCUT2D eigenvalue weighted by molar-refractivity contribution is 6.30. The molecule has 0 spiro atoms. The van der Waals surface area contributed by atoms with Gasteiger partial charge in [0.1, 0.15) is 0 Å². The minimum atomic E-state index is -1.20. The van der Waals surface area contributed by atoms with E-state index in [-0.39, 0.29) is 12.4 Å². The Bertz CT molecular complexity index is 568. The van der Waals surface area contributed by atoms with E-state index in [9.17, 15) is 4.79 Å². The molecule has 0 atom stereocenters. The topological polar surface area (TPSA) is 107 Å². The number of hydrogen-bond acceptors (Lipinski definition) is 5. The fourth-order valence-corrected chi connectivity index (χ4v) is 1.53. The summed E-state index contributed by atoms with van der Waals surface area (Å²) in [4.78, 5) is 10.8. The Morgan fingerprint density at radius 3 is 3.00 bits per heavy atom. The zero-order valence-corrected chi connectivity index (χ0v) is 9.29. The normalized spacial score (nSPS) is 10.4. The molecule has 0 saturated carbocycles. The second kappa shape index (κ2) is 4.38. The fraction of sp³-hybridized carbons (Fsp3) is 0.111. The first-order valence-electron chi connectivity index (χ1n) is 4.61. The van der Waals surface area contributed by atoms with Crippen LogP contribution in [0.2, 0.25) is 5.02 Å². The van der Waals surface area contributed by atoms with Crippen LogP contribution in [0.1, 0.15) is 16.2 Å². The van der Waals surface area contributed by atoms with E-state index in [4.69, 9.17) is 22.4 Å². The predicted molar refractivity (Wildman–Crippen MR) is 59.7 cm³/mol. The van der Waals surface area contributed by atoms with Gasteiger partial charge in [0, 0.05) is 10.7 Å². The van der Waals surface area contributed by atoms with Crippen LogP contribution in [0.5, 0.6) is 0 Å². The molecule has 8 heteroatoms. The molecule has 7 nitrogen and oxygen atoms in total. The largest absolute Gasteiger partial charge is 0.475 e. The summed E-state index contributed by atoms with van der Waals surface area (Å²) < 4.78 is 1.14. The zero-order chi connectivity index (χ0) is 12.4. The molecular formula is C9H8ClN5O2. The number of carboxylic acids is 1. The molecule has 2 aromatic rings. The second-order valence-electron chi connectivity index (χ2n) is 3.31. The van der Waals surface area contributed by atoms with Gasteiger partial charge in [-0.05, 0) is 34.2 Å². The lowest BCUT2D eigenvalue weighted by molar-refractivity contribution is 0.0677. The van der Waals surface area contributed by atoms with Crippen molar-refractivity contribution < 1.29 is 9.90 Å². The van der Waals surface area contributed by atoms with Gasteiger partial charge >= 0.3 is 5.97 Å². The van der Waals surface area contributed by atoms with E-state index in [1.165, 1.54) is 0 Å². The summed E-state index contributed by atoms with van der Waals surface area (Å²) in [5.74, 6) is -1.44. The van der Waals surface area contributed by atoms with Crippen molar-refractivity contribution in [3.63, 3.8) is 0 Å². The lowest BCUT2D eigenvalue weighted by atomic mass is 10.2. The molecule has 0 aliphatic heterocycles. The summed E-state index contributed by atoms with van der Waals surface area (Å²) in [5.41, 5.74) is 6.90. The molecule has 0 fully saturated rings. The Labute approximate surface area is 101 Å². The van der Waals surface area contributed by atoms with Crippen molar-refractivity contribution in [3.8, 4) is 0 Å². The van der Waals surface area contributed by atoms with Crippen LogP contribution in [0.15, 0.2) is 18.2 Å². The Morgan fingerprint density at radius 1 is 1.53 bits per heavy atom. The molecule has 1 aromatic heterocycles. The number of aromatic carboxylic acids is 1. The third-order valence-electron chi connectivity index (χ3n) is 2.15. The van der Waals surface area contributed by atoms with Gasteiger partial charge in [0.2, 0.25) is 0 Å². The molecule has 0 radical (unpaired) electrons. The number of nitrogens with two attached hydrogens (primary N) is 1. The Balaban J connectivity index is 2.34. The average Bonchev–Trinajstić information content (AvgIpc) is 2.71. The van der Waals surface area contributed by atoms with E-state index in [0.717, 1.165) is 4.68 Å². The molecule has 88 valence electrons. The van der Waals surface area contributed by atoms with Crippen molar-refractivity contribution in [2.75, 3.05) is 5.73 Å². The number of carboxylic acid groups (broad SMARTS) is 1. The van der Waals surface area contributed by atoms with Crippen molar-refractivity contribution >= 4 is 23.3 Å². The van der Waals surface area contributed by atoms with Gasteiger partial charge in [0.05, 0.1) is 6.54 Å². The number of nitrogens with zero attached hydrogens (tertiary/aromatic N) is 4. The van der Waals surface area contributed by atoms with Gasteiger partial charge in [0.15, 0.2) is 0 Å². The Kier molecular flexibility index (Phi) is 2.92.